The van der Waals surface area contributed by atoms with Crippen molar-refractivity contribution in [3.63, 3.8) is 0 Å². The molecule has 4 rings (SSSR count). The van der Waals surface area contributed by atoms with Gasteiger partial charge in [0.15, 0.2) is 11.2 Å². The van der Waals surface area contributed by atoms with Crippen molar-refractivity contribution in [1.82, 2.24) is 19.6 Å². The van der Waals surface area contributed by atoms with E-state index < -0.39 is 0 Å². The summed E-state index contributed by atoms with van der Waals surface area (Å²) in [6, 6.07) is 11.1. The van der Waals surface area contributed by atoms with E-state index in [9.17, 15) is 4.79 Å². The van der Waals surface area contributed by atoms with E-state index in [2.05, 4.69) is 20.1 Å². The third kappa shape index (κ3) is 1.98. The van der Waals surface area contributed by atoms with E-state index in [0.717, 1.165) is 11.1 Å². The number of nitrogens with one attached hydrogen (secondary N) is 1. The van der Waals surface area contributed by atoms with E-state index in [1.807, 2.05) is 30.3 Å². The molecule has 6 heteroatoms. The van der Waals surface area contributed by atoms with Crippen LogP contribution in [-0.2, 0) is 0 Å². The minimum Gasteiger partial charge on any atom is -0.338 e. The molecule has 0 aliphatic heterocycles. The number of hydrogen-bond acceptors (Lipinski definition) is 4. The average molecular weight is 289 g/mol. The molecule has 3 heterocycles. The van der Waals surface area contributed by atoms with Crippen molar-refractivity contribution in [3.8, 4) is 0 Å². The molecule has 0 fully saturated rings. The maximum atomic E-state index is 12.4. The molecule has 0 bridgehead atoms. The Kier molecular flexibility index (Phi) is 2.79. The molecule has 1 aromatic carbocycles. The summed E-state index contributed by atoms with van der Waals surface area (Å²) in [4.78, 5) is 23.8. The minimum absolute atomic E-state index is 0.0975. The van der Waals surface area contributed by atoms with Crippen LogP contribution < -0.4 is 5.43 Å². The highest BCUT2D eigenvalue weighted by atomic mass is 16.1. The first-order valence-corrected chi connectivity index (χ1v) is 6.75. The molecule has 6 nitrogen and oxygen atoms in total. The van der Waals surface area contributed by atoms with Gasteiger partial charge in [0.05, 0.1) is 11.7 Å². The number of hydrogen-bond donors (Lipinski definition) is 1. The second-order valence-electron chi connectivity index (χ2n) is 4.82. The molecule has 0 saturated carbocycles. The van der Waals surface area contributed by atoms with Gasteiger partial charge in [-0.05, 0) is 18.2 Å². The van der Waals surface area contributed by atoms with Gasteiger partial charge in [-0.1, -0.05) is 18.2 Å². The minimum atomic E-state index is -0.0975. The van der Waals surface area contributed by atoms with Gasteiger partial charge in [0.1, 0.15) is 6.33 Å². The Morgan fingerprint density at radius 1 is 1.18 bits per heavy atom. The van der Waals surface area contributed by atoms with E-state index in [1.54, 1.807) is 29.4 Å². The van der Waals surface area contributed by atoms with Crippen LogP contribution in [0.3, 0.4) is 0 Å². The average Bonchev–Trinajstić information content (AvgIpc) is 2.97. The lowest BCUT2D eigenvalue weighted by atomic mass is 10.2. The van der Waals surface area contributed by atoms with Crippen molar-refractivity contribution >= 4 is 28.3 Å². The fourth-order valence-corrected chi connectivity index (χ4v) is 2.34. The Morgan fingerprint density at radius 2 is 2.09 bits per heavy atom. The van der Waals surface area contributed by atoms with Crippen LogP contribution in [0.25, 0.3) is 22.1 Å². The number of imidazole rings is 1. The van der Waals surface area contributed by atoms with Crippen LogP contribution in [0.4, 0.5) is 0 Å². The summed E-state index contributed by atoms with van der Waals surface area (Å²) in [5.74, 6) is 0. The molecule has 106 valence electrons. The maximum absolute atomic E-state index is 12.4. The third-order valence-corrected chi connectivity index (χ3v) is 3.41. The van der Waals surface area contributed by atoms with Gasteiger partial charge in [0.25, 0.3) is 0 Å². The second kappa shape index (κ2) is 4.92. The second-order valence-corrected chi connectivity index (χ2v) is 4.82. The molecule has 0 atom stereocenters. The quantitative estimate of drug-likeness (QED) is 0.574. The standard InChI is InChI=1S/C16H11N5O/c22-15-12-5-1-2-6-13(12)20-16-14(15)18-10-21(16)19-9-11-4-3-7-17-8-11/h1-10H,(H,20,22). The van der Waals surface area contributed by atoms with Gasteiger partial charge in [-0.15, -0.1) is 0 Å². The zero-order valence-corrected chi connectivity index (χ0v) is 11.5. The van der Waals surface area contributed by atoms with Gasteiger partial charge < -0.3 is 4.98 Å². The molecule has 0 radical (unpaired) electrons. The van der Waals surface area contributed by atoms with E-state index in [0.29, 0.717) is 16.6 Å². The van der Waals surface area contributed by atoms with E-state index >= 15 is 0 Å². The number of aromatic nitrogens is 4. The number of rotatable bonds is 2. The van der Waals surface area contributed by atoms with E-state index in [4.69, 9.17) is 0 Å². The number of nitrogens with zero attached hydrogens (tertiary/aromatic N) is 4. The summed E-state index contributed by atoms with van der Waals surface area (Å²) in [7, 11) is 0. The molecule has 0 aliphatic rings. The van der Waals surface area contributed by atoms with Crippen LogP contribution >= 0.6 is 0 Å². The van der Waals surface area contributed by atoms with Gasteiger partial charge in [0, 0.05) is 23.3 Å². The summed E-state index contributed by atoms with van der Waals surface area (Å²) in [5, 5.41) is 4.95. The summed E-state index contributed by atoms with van der Waals surface area (Å²) in [6.07, 6.45) is 6.60. The maximum Gasteiger partial charge on any atom is 0.217 e. The van der Waals surface area contributed by atoms with Gasteiger partial charge in [0.2, 0.25) is 5.43 Å². The smallest absolute Gasteiger partial charge is 0.217 e. The topological polar surface area (TPSA) is 75.9 Å². The summed E-state index contributed by atoms with van der Waals surface area (Å²) < 4.78 is 1.55. The Hall–Kier alpha value is -3.28. The first-order valence-electron chi connectivity index (χ1n) is 6.75. The monoisotopic (exact) mass is 289 g/mol. The zero-order chi connectivity index (χ0) is 14.9. The normalized spacial score (nSPS) is 11.6. The lowest BCUT2D eigenvalue weighted by Crippen LogP contribution is -2.04. The zero-order valence-electron chi connectivity index (χ0n) is 11.5. The van der Waals surface area contributed by atoms with Crippen molar-refractivity contribution in [1.29, 1.82) is 0 Å². The summed E-state index contributed by atoms with van der Waals surface area (Å²) >= 11 is 0. The van der Waals surface area contributed by atoms with Crippen LogP contribution in [0.5, 0.6) is 0 Å². The van der Waals surface area contributed by atoms with Crippen LogP contribution in [0, 0.1) is 0 Å². The Balaban J connectivity index is 1.89. The molecule has 0 saturated heterocycles. The van der Waals surface area contributed by atoms with Gasteiger partial charge in [-0.25, -0.2) is 9.66 Å². The van der Waals surface area contributed by atoms with Crippen molar-refractivity contribution in [2.45, 2.75) is 0 Å². The molecule has 22 heavy (non-hydrogen) atoms. The molecule has 1 N–H and O–H groups in total. The van der Waals surface area contributed by atoms with E-state index in [-0.39, 0.29) is 5.43 Å². The summed E-state index contributed by atoms with van der Waals surface area (Å²) in [5.41, 5.74) is 2.48. The first kappa shape index (κ1) is 12.5. The molecular formula is C16H11N5O. The first-order chi connectivity index (χ1) is 10.8. The molecule has 4 aromatic rings. The van der Waals surface area contributed by atoms with Crippen molar-refractivity contribution < 1.29 is 0 Å². The van der Waals surface area contributed by atoms with Crippen LogP contribution in [0.15, 0.2) is 65.0 Å². The Labute approximate surface area is 124 Å². The molecule has 0 aliphatic carbocycles. The Morgan fingerprint density at radius 3 is 2.95 bits per heavy atom. The van der Waals surface area contributed by atoms with Gasteiger partial charge >= 0.3 is 0 Å². The number of H-pyrrole nitrogens is 1. The van der Waals surface area contributed by atoms with Crippen LogP contribution in [-0.4, -0.2) is 25.8 Å². The lowest BCUT2D eigenvalue weighted by molar-refractivity contribution is 0.901. The fraction of sp³-hybridized carbons (Fsp3) is 0. The largest absolute Gasteiger partial charge is 0.338 e. The van der Waals surface area contributed by atoms with Crippen LogP contribution in [0.1, 0.15) is 5.56 Å². The number of fused-ring (bicyclic) bond motifs is 2. The number of aromatic amines is 1. The number of para-hydroxylation sites is 1. The molecule has 0 unspecified atom stereocenters. The predicted octanol–water partition coefficient (Wildman–Crippen LogP) is 2.16. The van der Waals surface area contributed by atoms with E-state index in [1.165, 1.54) is 6.33 Å². The highest BCUT2D eigenvalue weighted by Crippen LogP contribution is 2.13. The molecular weight excluding hydrogens is 278 g/mol. The van der Waals surface area contributed by atoms with Crippen LogP contribution in [0.2, 0.25) is 0 Å². The third-order valence-electron chi connectivity index (χ3n) is 3.41. The Bertz CT molecular complexity index is 1050. The SMILES string of the molecule is O=c1c2ccccc2[nH]c2c1ncn2N=Cc1cccnc1. The molecule has 3 aromatic heterocycles. The van der Waals surface area contributed by atoms with Crippen molar-refractivity contribution in [2.24, 2.45) is 5.10 Å². The summed E-state index contributed by atoms with van der Waals surface area (Å²) in [6.45, 7) is 0. The number of pyridine rings is 2. The predicted molar refractivity (Wildman–Crippen MR) is 85.1 cm³/mol. The van der Waals surface area contributed by atoms with Gasteiger partial charge in [-0.2, -0.15) is 5.10 Å². The molecule has 0 spiro atoms. The van der Waals surface area contributed by atoms with Crippen molar-refractivity contribution in [3.05, 3.63) is 70.9 Å². The van der Waals surface area contributed by atoms with Gasteiger partial charge in [-0.3, -0.25) is 9.78 Å². The fourth-order valence-electron chi connectivity index (χ4n) is 2.34. The lowest BCUT2D eigenvalue weighted by Gasteiger charge is -2.00. The number of benzene rings is 1. The highest BCUT2D eigenvalue weighted by molar-refractivity contribution is 5.89. The van der Waals surface area contributed by atoms with Crippen molar-refractivity contribution in [2.75, 3.05) is 0 Å². The molecule has 0 amide bonds. The highest BCUT2D eigenvalue weighted by Gasteiger charge is 2.09.